The van der Waals surface area contributed by atoms with E-state index in [0.29, 0.717) is 49.3 Å². The number of anilines is 2. The Morgan fingerprint density at radius 3 is 2.60 bits per heavy atom. The lowest BCUT2D eigenvalue weighted by Crippen LogP contribution is -2.57. The molecular weight excluding hydrogens is 544 g/mol. The molecule has 3 aliphatic rings. The number of nitrogens with one attached hydrogen (secondary N) is 2. The topological polar surface area (TPSA) is 155 Å². The largest absolute Gasteiger partial charge is 0.382 e. The Labute approximate surface area is 233 Å². The Balaban J connectivity index is 1.17. The molecule has 2 amide bonds. The Bertz CT molecular complexity index is 1500. The Morgan fingerprint density at radius 2 is 1.88 bits per heavy atom. The average molecular weight is 570 g/mol. The standard InChI is InChI=1S/C26H26ClF2N9O2/c1-14-2-4-16(12-38(14)11-15-3-5-17(28)18(29)10-15)24(40)37-8-6-26(7-9-37)13-32-25(36-26)35-23(39)19-21(30)34-22(31)20(27)33-19/h2-5,10,12H,1,6-9,11,13H2,(H4,30,31,34)(H2,32,35,36,39). The molecule has 1 aromatic carbocycles. The Morgan fingerprint density at radius 1 is 1.12 bits per heavy atom. The number of nitrogens with zero attached hydrogens (tertiary/aromatic N) is 5. The molecule has 1 aromatic heterocycles. The van der Waals surface area contributed by atoms with Crippen LogP contribution in [0.1, 0.15) is 28.9 Å². The zero-order valence-corrected chi connectivity index (χ0v) is 22.0. The monoisotopic (exact) mass is 569 g/mol. The molecule has 0 unspecified atom stereocenters. The van der Waals surface area contributed by atoms with Crippen LogP contribution in [-0.2, 0) is 11.3 Å². The van der Waals surface area contributed by atoms with E-state index in [1.807, 2.05) is 0 Å². The summed E-state index contributed by atoms with van der Waals surface area (Å²) < 4.78 is 27.0. The molecule has 14 heteroatoms. The van der Waals surface area contributed by atoms with Gasteiger partial charge in [-0.1, -0.05) is 24.2 Å². The maximum atomic E-state index is 13.7. The van der Waals surface area contributed by atoms with Crippen LogP contribution < -0.4 is 22.1 Å². The minimum Gasteiger partial charge on any atom is -0.382 e. The molecule has 0 saturated carbocycles. The smallest absolute Gasteiger partial charge is 0.280 e. The number of allylic oxidation sites excluding steroid dienone is 1. The predicted octanol–water partition coefficient (Wildman–Crippen LogP) is 2.09. The molecule has 0 bridgehead atoms. The number of amides is 2. The summed E-state index contributed by atoms with van der Waals surface area (Å²) >= 11 is 5.87. The van der Waals surface area contributed by atoms with Gasteiger partial charge in [-0.05, 0) is 42.7 Å². The number of rotatable bonds is 4. The van der Waals surface area contributed by atoms with Gasteiger partial charge in [0.2, 0.25) is 0 Å². The molecule has 5 rings (SSSR count). The van der Waals surface area contributed by atoms with Gasteiger partial charge in [-0.25, -0.2) is 18.7 Å². The van der Waals surface area contributed by atoms with Gasteiger partial charge in [0.15, 0.2) is 40.1 Å². The van der Waals surface area contributed by atoms with Crippen LogP contribution in [0.2, 0.25) is 5.15 Å². The van der Waals surface area contributed by atoms with Crippen LogP contribution in [0.3, 0.4) is 0 Å². The zero-order valence-electron chi connectivity index (χ0n) is 21.3. The number of guanidine groups is 1. The maximum absolute atomic E-state index is 13.7. The summed E-state index contributed by atoms with van der Waals surface area (Å²) in [5, 5.41) is 5.77. The number of aromatic nitrogens is 2. The zero-order chi connectivity index (χ0) is 28.6. The molecule has 2 aromatic rings. The third kappa shape index (κ3) is 5.45. The number of hydrogen-bond donors (Lipinski definition) is 4. The summed E-state index contributed by atoms with van der Waals surface area (Å²) in [4.78, 5) is 41.5. The number of likely N-dealkylation sites (tertiary alicyclic amines) is 1. The normalized spacial score (nSPS) is 17.9. The lowest BCUT2D eigenvalue weighted by molar-refractivity contribution is -0.128. The van der Waals surface area contributed by atoms with E-state index in [1.165, 1.54) is 6.07 Å². The van der Waals surface area contributed by atoms with Crippen LogP contribution in [0.25, 0.3) is 0 Å². The van der Waals surface area contributed by atoms with E-state index in [0.717, 1.165) is 12.1 Å². The van der Waals surface area contributed by atoms with Gasteiger partial charge in [0.25, 0.3) is 11.8 Å². The summed E-state index contributed by atoms with van der Waals surface area (Å²) in [5.74, 6) is -2.60. The SMILES string of the molecule is C=C1C=CC(C(=O)N2CCC3(CC2)CN=C(NC(=O)c2nc(Cl)c(N)nc2N)N3)=CN1Cc1ccc(F)c(F)c1. The van der Waals surface area contributed by atoms with Crippen molar-refractivity contribution in [3.05, 3.63) is 82.4 Å². The van der Waals surface area contributed by atoms with Gasteiger partial charge in [0.05, 0.1) is 17.7 Å². The van der Waals surface area contributed by atoms with Crippen molar-refractivity contribution in [1.82, 2.24) is 30.4 Å². The van der Waals surface area contributed by atoms with Gasteiger partial charge in [0, 0.05) is 31.5 Å². The number of carbonyl (C=O) groups excluding carboxylic acids is 2. The van der Waals surface area contributed by atoms with E-state index in [2.05, 4.69) is 32.2 Å². The molecule has 6 N–H and O–H groups in total. The second kappa shape index (κ2) is 10.6. The molecule has 208 valence electrons. The minimum absolute atomic E-state index is 0.0762. The van der Waals surface area contributed by atoms with Crippen LogP contribution in [-0.4, -0.2) is 62.7 Å². The van der Waals surface area contributed by atoms with Crippen LogP contribution in [0, 0.1) is 11.6 Å². The highest BCUT2D eigenvalue weighted by Gasteiger charge is 2.40. The van der Waals surface area contributed by atoms with Crippen molar-refractivity contribution < 1.29 is 18.4 Å². The molecule has 11 nitrogen and oxygen atoms in total. The summed E-state index contributed by atoms with van der Waals surface area (Å²) in [7, 11) is 0. The summed E-state index contributed by atoms with van der Waals surface area (Å²) in [6, 6.07) is 3.69. The highest BCUT2D eigenvalue weighted by Crippen LogP contribution is 2.28. The molecule has 3 aliphatic heterocycles. The van der Waals surface area contributed by atoms with Crippen molar-refractivity contribution in [1.29, 1.82) is 0 Å². The molecule has 40 heavy (non-hydrogen) atoms. The van der Waals surface area contributed by atoms with Crippen molar-refractivity contribution in [3.63, 3.8) is 0 Å². The second-order valence-electron chi connectivity index (χ2n) is 9.74. The molecule has 0 radical (unpaired) electrons. The number of nitrogen functional groups attached to an aromatic ring is 2. The number of halogens is 3. The lowest BCUT2D eigenvalue weighted by Gasteiger charge is -2.39. The van der Waals surface area contributed by atoms with Crippen molar-refractivity contribution in [3.8, 4) is 0 Å². The highest BCUT2D eigenvalue weighted by molar-refractivity contribution is 6.31. The third-order valence-corrected chi connectivity index (χ3v) is 7.26. The number of nitrogens with two attached hydrogens (primary N) is 2. The molecule has 4 heterocycles. The van der Waals surface area contributed by atoms with Crippen LogP contribution in [0.15, 0.2) is 59.4 Å². The van der Waals surface area contributed by atoms with Gasteiger partial charge in [-0.3, -0.25) is 19.9 Å². The van der Waals surface area contributed by atoms with E-state index in [9.17, 15) is 18.4 Å². The molecular formula is C26H26ClF2N9O2. The first-order valence-electron chi connectivity index (χ1n) is 12.3. The fourth-order valence-corrected chi connectivity index (χ4v) is 4.82. The van der Waals surface area contributed by atoms with E-state index < -0.39 is 23.1 Å². The average Bonchev–Trinajstić information content (AvgIpc) is 3.31. The fraction of sp³-hybridized carbons (Fsp3) is 0.269. The molecule has 1 saturated heterocycles. The predicted molar refractivity (Wildman–Crippen MR) is 146 cm³/mol. The van der Waals surface area contributed by atoms with Gasteiger partial charge in [0.1, 0.15) is 0 Å². The first-order valence-corrected chi connectivity index (χ1v) is 12.7. The highest BCUT2D eigenvalue weighted by atomic mass is 35.5. The Hall–Kier alpha value is -4.52. The lowest BCUT2D eigenvalue weighted by atomic mass is 9.88. The number of aliphatic imine (C=N–C) groups is 1. The van der Waals surface area contributed by atoms with Crippen LogP contribution in [0.4, 0.5) is 20.4 Å². The van der Waals surface area contributed by atoms with Crippen molar-refractivity contribution in [2.24, 2.45) is 4.99 Å². The fourth-order valence-electron chi connectivity index (χ4n) is 4.69. The number of carbonyl (C=O) groups is 2. The maximum Gasteiger partial charge on any atom is 0.280 e. The van der Waals surface area contributed by atoms with Crippen molar-refractivity contribution in [2.45, 2.75) is 24.9 Å². The Kier molecular flexibility index (Phi) is 7.15. The van der Waals surface area contributed by atoms with Crippen molar-refractivity contribution >= 4 is 41.0 Å². The molecule has 1 spiro atoms. The minimum atomic E-state index is -0.933. The number of benzene rings is 1. The van der Waals surface area contributed by atoms with E-state index in [1.54, 1.807) is 28.2 Å². The summed E-state index contributed by atoms with van der Waals surface area (Å²) in [6.45, 7) is 5.54. The van der Waals surface area contributed by atoms with Gasteiger partial charge >= 0.3 is 0 Å². The first kappa shape index (κ1) is 27.1. The van der Waals surface area contributed by atoms with Crippen molar-refractivity contribution in [2.75, 3.05) is 31.1 Å². The van der Waals surface area contributed by atoms with E-state index in [-0.39, 0.29) is 40.9 Å². The summed E-state index contributed by atoms with van der Waals surface area (Å²) in [5.41, 5.74) is 12.4. The number of piperidine rings is 1. The van der Waals surface area contributed by atoms with E-state index >= 15 is 0 Å². The van der Waals surface area contributed by atoms with Crippen LogP contribution >= 0.6 is 11.6 Å². The molecule has 0 atom stereocenters. The quantitative estimate of drug-likeness (QED) is 0.436. The van der Waals surface area contributed by atoms with Gasteiger partial charge in [-0.15, -0.1) is 0 Å². The summed E-state index contributed by atoms with van der Waals surface area (Å²) in [6.07, 6.45) is 6.27. The van der Waals surface area contributed by atoms with Gasteiger partial charge < -0.3 is 26.6 Å². The van der Waals surface area contributed by atoms with Gasteiger partial charge in [-0.2, -0.15) is 0 Å². The second-order valence-corrected chi connectivity index (χ2v) is 10.1. The first-order chi connectivity index (χ1) is 19.0. The molecule has 0 aliphatic carbocycles. The van der Waals surface area contributed by atoms with E-state index in [4.69, 9.17) is 23.1 Å². The van der Waals surface area contributed by atoms with Crippen LogP contribution in [0.5, 0.6) is 0 Å². The molecule has 1 fully saturated rings. The third-order valence-electron chi connectivity index (χ3n) is 6.99. The number of hydrogen-bond acceptors (Lipinski definition) is 9.